The van der Waals surface area contributed by atoms with Crippen molar-refractivity contribution >= 4 is 8.03 Å². The number of hydrogen-bond acceptors (Lipinski definition) is 3. The largest absolute Gasteiger partial charge is 0.593 e. The van der Waals surface area contributed by atoms with Crippen LogP contribution in [0.4, 0.5) is 0 Å². The molecular weight excluding hydrogens is 127 g/mol. The maximum absolute atomic E-state index is 9.88. The molecule has 0 aliphatic heterocycles. The van der Waals surface area contributed by atoms with E-state index in [-0.39, 0.29) is 0 Å². The molecule has 2 unspecified atom stereocenters. The second-order valence-electron chi connectivity index (χ2n) is 1.55. The van der Waals surface area contributed by atoms with Gasteiger partial charge in [-0.05, 0) is 6.42 Å². The van der Waals surface area contributed by atoms with E-state index in [0.717, 1.165) is 0 Å². The molecule has 4 heteroatoms. The molecule has 1 N–H and O–H groups in total. The lowest BCUT2D eigenvalue weighted by Gasteiger charge is -1.95. The Morgan fingerprint density at radius 3 is 2.50 bits per heavy atom. The first-order valence-corrected chi connectivity index (χ1v) is 3.74. The van der Waals surface area contributed by atoms with Gasteiger partial charge in [-0.15, -0.1) is 0 Å². The van der Waals surface area contributed by atoms with Crippen LogP contribution < -0.4 is 4.89 Å². The van der Waals surface area contributed by atoms with Gasteiger partial charge in [-0.3, -0.25) is 0 Å². The minimum Gasteiger partial charge on any atom is -0.593 e. The van der Waals surface area contributed by atoms with Gasteiger partial charge in [-0.25, -0.2) is 0 Å². The Hall–Kier alpha value is 0.0200. The van der Waals surface area contributed by atoms with Crippen LogP contribution in [0, 0.1) is 0 Å². The van der Waals surface area contributed by atoms with E-state index in [4.69, 9.17) is 5.11 Å². The summed E-state index contributed by atoms with van der Waals surface area (Å²) in [4.78, 5) is 9.88. The summed E-state index contributed by atoms with van der Waals surface area (Å²) in [5.41, 5.74) is 0. The predicted molar refractivity (Wildman–Crippen MR) is 28.5 cm³/mol. The molecule has 8 heavy (non-hydrogen) atoms. The molecule has 0 saturated carbocycles. The van der Waals surface area contributed by atoms with Crippen LogP contribution in [0.25, 0.3) is 0 Å². The number of aliphatic hydroxyl groups is 1. The van der Waals surface area contributed by atoms with E-state index >= 15 is 0 Å². The molecule has 0 heterocycles. The maximum Gasteiger partial charge on any atom is 0.341 e. The highest BCUT2D eigenvalue weighted by Crippen LogP contribution is 2.18. The van der Waals surface area contributed by atoms with E-state index < -0.39 is 13.9 Å². The molecule has 0 aromatic carbocycles. The number of rotatable bonds is 3. The van der Waals surface area contributed by atoms with Crippen molar-refractivity contribution in [2.24, 2.45) is 0 Å². The van der Waals surface area contributed by atoms with E-state index in [1.165, 1.54) is 0 Å². The van der Waals surface area contributed by atoms with Gasteiger partial charge in [-0.2, -0.15) is 0 Å². The molecule has 0 aromatic rings. The Morgan fingerprint density at radius 2 is 2.38 bits per heavy atom. The molecular formula is C4H9O3P. The fourth-order valence-electron chi connectivity index (χ4n) is 0.364. The van der Waals surface area contributed by atoms with Crippen molar-refractivity contribution in [3.8, 4) is 0 Å². The van der Waals surface area contributed by atoms with Crippen LogP contribution in [-0.2, 0) is 4.57 Å². The van der Waals surface area contributed by atoms with E-state index in [1.807, 2.05) is 6.92 Å². The number of aliphatic hydroxyl groups excluding tert-OH is 1. The lowest BCUT2D eigenvalue weighted by atomic mass is 10.4. The first-order chi connectivity index (χ1) is 3.68. The fourth-order valence-corrected chi connectivity index (χ4v) is 0.833. The Morgan fingerprint density at radius 1 is 1.88 bits per heavy atom. The van der Waals surface area contributed by atoms with E-state index in [1.54, 1.807) is 0 Å². The van der Waals surface area contributed by atoms with E-state index in [2.05, 4.69) is 0 Å². The van der Waals surface area contributed by atoms with Crippen LogP contribution in [0.1, 0.15) is 19.8 Å². The van der Waals surface area contributed by atoms with Gasteiger partial charge < -0.3 is 10.00 Å². The van der Waals surface area contributed by atoms with Crippen molar-refractivity contribution < 1.29 is 14.6 Å². The number of hydrogen-bond donors (Lipinski definition) is 1. The minimum atomic E-state index is -2.61. The highest BCUT2D eigenvalue weighted by molar-refractivity contribution is 7.37. The second-order valence-corrected chi connectivity index (χ2v) is 2.72. The van der Waals surface area contributed by atoms with Crippen molar-refractivity contribution in [3.05, 3.63) is 0 Å². The zero-order chi connectivity index (χ0) is 6.57. The summed E-state index contributed by atoms with van der Waals surface area (Å²) in [6.45, 7) is 1.82. The SMILES string of the molecule is CCCC(O)[P+](=O)[O-]. The third kappa shape index (κ3) is 3.08. The lowest BCUT2D eigenvalue weighted by molar-refractivity contribution is -0.172. The van der Waals surface area contributed by atoms with Crippen LogP contribution in [0.15, 0.2) is 0 Å². The smallest absolute Gasteiger partial charge is 0.341 e. The molecule has 48 valence electrons. The van der Waals surface area contributed by atoms with Crippen LogP contribution in [0.2, 0.25) is 0 Å². The molecule has 0 saturated heterocycles. The van der Waals surface area contributed by atoms with Crippen molar-refractivity contribution in [2.75, 3.05) is 0 Å². The predicted octanol–water partition coefficient (Wildman–Crippen LogP) is 0.208. The minimum absolute atomic E-state index is 0.346. The van der Waals surface area contributed by atoms with Crippen LogP contribution >= 0.6 is 8.03 Å². The van der Waals surface area contributed by atoms with Crippen molar-refractivity contribution in [2.45, 2.75) is 25.6 Å². The summed E-state index contributed by atoms with van der Waals surface area (Å²) < 4.78 is 9.88. The summed E-state index contributed by atoms with van der Waals surface area (Å²) >= 11 is 0. The molecule has 0 bridgehead atoms. The van der Waals surface area contributed by atoms with Gasteiger partial charge in [0.15, 0.2) is 0 Å². The van der Waals surface area contributed by atoms with Gasteiger partial charge in [-0.1, -0.05) is 11.5 Å². The van der Waals surface area contributed by atoms with Gasteiger partial charge in [0.25, 0.3) is 0 Å². The normalized spacial score (nSPS) is 15.6. The topological polar surface area (TPSA) is 60.4 Å². The summed E-state index contributed by atoms with van der Waals surface area (Å²) in [5.74, 6) is -1.13. The van der Waals surface area contributed by atoms with Gasteiger partial charge in [0, 0.05) is 6.42 Å². The molecule has 0 aliphatic rings. The summed E-state index contributed by atoms with van der Waals surface area (Å²) in [5, 5.41) is 8.53. The summed E-state index contributed by atoms with van der Waals surface area (Å²) in [6, 6.07) is 0. The first kappa shape index (κ1) is 8.02. The zero-order valence-corrected chi connectivity index (χ0v) is 5.60. The monoisotopic (exact) mass is 136 g/mol. The van der Waals surface area contributed by atoms with Crippen LogP contribution in [-0.4, -0.2) is 11.0 Å². The Bertz CT molecular complexity index is 83.4. The van der Waals surface area contributed by atoms with Crippen LogP contribution in [0.3, 0.4) is 0 Å². The Balaban J connectivity index is 3.32. The Labute approximate surface area is 49.2 Å². The highest BCUT2D eigenvalue weighted by Gasteiger charge is 2.14. The van der Waals surface area contributed by atoms with E-state index in [9.17, 15) is 9.46 Å². The molecule has 0 amide bonds. The van der Waals surface area contributed by atoms with Gasteiger partial charge in [0.05, 0.1) is 0 Å². The first-order valence-electron chi connectivity index (χ1n) is 2.50. The zero-order valence-electron chi connectivity index (χ0n) is 4.70. The second kappa shape index (κ2) is 3.96. The highest BCUT2D eigenvalue weighted by atomic mass is 31.1. The van der Waals surface area contributed by atoms with Gasteiger partial charge in [0.2, 0.25) is 5.85 Å². The van der Waals surface area contributed by atoms with Crippen molar-refractivity contribution in [1.82, 2.24) is 0 Å². The maximum atomic E-state index is 9.88. The molecule has 0 radical (unpaired) electrons. The average molecular weight is 136 g/mol. The van der Waals surface area contributed by atoms with Crippen molar-refractivity contribution in [1.29, 1.82) is 0 Å². The summed E-state index contributed by atoms with van der Waals surface area (Å²) in [7, 11) is -2.61. The van der Waals surface area contributed by atoms with Crippen LogP contribution in [0.5, 0.6) is 0 Å². The quantitative estimate of drug-likeness (QED) is 0.564. The molecule has 0 rings (SSSR count). The molecule has 0 fully saturated rings. The van der Waals surface area contributed by atoms with E-state index in [0.29, 0.717) is 12.8 Å². The lowest BCUT2D eigenvalue weighted by Crippen LogP contribution is -2.05. The molecule has 0 spiro atoms. The molecule has 0 aliphatic carbocycles. The third-order valence-corrected chi connectivity index (χ3v) is 1.54. The van der Waals surface area contributed by atoms with Gasteiger partial charge in [0.1, 0.15) is 0 Å². The molecule has 2 atom stereocenters. The summed E-state index contributed by atoms with van der Waals surface area (Å²) in [6.07, 6.45) is 1.04. The fraction of sp³-hybridized carbons (Fsp3) is 1.00. The molecule has 3 nitrogen and oxygen atoms in total. The Kier molecular flexibility index (Phi) is 3.97. The van der Waals surface area contributed by atoms with Crippen molar-refractivity contribution in [3.63, 3.8) is 0 Å². The average Bonchev–Trinajstić information content (AvgIpc) is 1.67. The van der Waals surface area contributed by atoms with Gasteiger partial charge >= 0.3 is 8.03 Å². The molecule has 0 aromatic heterocycles. The third-order valence-electron chi connectivity index (χ3n) is 0.790. The standard InChI is InChI=1S/C4H9O3P/c1-2-3-4(5)8(6)7/h4-5H,2-3H2,1H3.